The lowest BCUT2D eigenvalue weighted by Crippen LogP contribution is -2.40. The molecule has 0 saturated carbocycles. The molecule has 0 unspecified atom stereocenters. The Morgan fingerprint density at radius 1 is 1.22 bits per heavy atom. The summed E-state index contributed by atoms with van der Waals surface area (Å²) < 4.78 is 12.5. The van der Waals surface area contributed by atoms with E-state index >= 15 is 0 Å². The first kappa shape index (κ1) is 17.7. The monoisotopic (exact) mass is 336 g/mol. The van der Waals surface area contributed by atoms with E-state index in [4.69, 9.17) is 5.73 Å². The maximum Gasteiger partial charge on any atom is 0.248 e. The zero-order valence-corrected chi connectivity index (χ0v) is 14.3. The highest BCUT2D eigenvalue weighted by atomic mass is 32.2. The molecule has 1 aromatic carbocycles. The van der Waals surface area contributed by atoms with Crippen LogP contribution in [0.1, 0.15) is 48.5 Å². The number of carbonyl (C=O) groups excluding carboxylic acids is 2. The van der Waals surface area contributed by atoms with E-state index < -0.39 is 22.0 Å². The number of rotatable bonds is 5. The summed E-state index contributed by atoms with van der Waals surface area (Å²) in [4.78, 5) is 25.6. The van der Waals surface area contributed by atoms with Crippen LogP contribution in [0.15, 0.2) is 24.3 Å². The minimum Gasteiger partial charge on any atom is -0.366 e. The number of amides is 2. The molecule has 6 heteroatoms. The van der Waals surface area contributed by atoms with Gasteiger partial charge in [0.1, 0.15) is 5.25 Å². The number of benzene rings is 1. The normalized spacial score (nSPS) is 18.0. The summed E-state index contributed by atoms with van der Waals surface area (Å²) in [5.74, 6) is -0.287. The van der Waals surface area contributed by atoms with Crippen LogP contribution >= 0.6 is 0 Å². The van der Waals surface area contributed by atoms with Crippen LogP contribution in [-0.2, 0) is 21.3 Å². The lowest BCUT2D eigenvalue weighted by atomic mass is 10.1. The van der Waals surface area contributed by atoms with Crippen molar-refractivity contribution in [1.82, 2.24) is 4.90 Å². The van der Waals surface area contributed by atoms with Crippen molar-refractivity contribution in [1.29, 1.82) is 0 Å². The fraction of sp³-hybridized carbons (Fsp3) is 0.529. The van der Waals surface area contributed by atoms with Crippen molar-refractivity contribution < 1.29 is 13.8 Å². The quantitative estimate of drug-likeness (QED) is 0.890. The molecule has 23 heavy (non-hydrogen) atoms. The molecule has 126 valence electrons. The summed E-state index contributed by atoms with van der Waals surface area (Å²) in [6.45, 7) is 3.25. The lowest BCUT2D eigenvalue weighted by molar-refractivity contribution is -0.130. The molecule has 5 nitrogen and oxygen atoms in total. The molecule has 2 rings (SSSR count). The number of nitrogens with two attached hydrogens (primary N) is 1. The SMILES string of the molecule is C[C@H](C(=O)N1CCCCCC1)[S@@](=O)Cc1cccc(C(N)=O)c1. The van der Waals surface area contributed by atoms with Crippen LogP contribution < -0.4 is 5.73 Å². The molecule has 1 aliphatic heterocycles. The Kier molecular flexibility index (Phi) is 6.33. The van der Waals surface area contributed by atoms with Crippen molar-refractivity contribution in [3.8, 4) is 0 Å². The van der Waals surface area contributed by atoms with Crippen molar-refractivity contribution in [3.63, 3.8) is 0 Å². The topological polar surface area (TPSA) is 80.5 Å². The van der Waals surface area contributed by atoms with Crippen LogP contribution in [0.4, 0.5) is 0 Å². The second kappa shape index (κ2) is 8.24. The molecular weight excluding hydrogens is 312 g/mol. The smallest absolute Gasteiger partial charge is 0.248 e. The fourth-order valence-electron chi connectivity index (χ4n) is 2.76. The molecule has 2 atom stereocenters. The van der Waals surface area contributed by atoms with E-state index in [0.717, 1.165) is 44.3 Å². The van der Waals surface area contributed by atoms with Gasteiger partial charge in [0.25, 0.3) is 0 Å². The highest BCUT2D eigenvalue weighted by Gasteiger charge is 2.26. The van der Waals surface area contributed by atoms with Gasteiger partial charge in [-0.3, -0.25) is 13.8 Å². The first-order chi connectivity index (χ1) is 11.0. The summed E-state index contributed by atoms with van der Waals surface area (Å²) in [5.41, 5.74) is 6.41. The van der Waals surface area contributed by atoms with Gasteiger partial charge in [-0.2, -0.15) is 0 Å². The second-order valence-corrected chi connectivity index (χ2v) is 7.73. The fourth-order valence-corrected chi connectivity index (χ4v) is 3.90. The molecular formula is C17H24N2O3S. The zero-order chi connectivity index (χ0) is 16.8. The number of primary amides is 1. The Labute approximate surface area is 139 Å². The Balaban J connectivity index is 2.00. The van der Waals surface area contributed by atoms with E-state index in [1.54, 1.807) is 31.2 Å². The lowest BCUT2D eigenvalue weighted by Gasteiger charge is -2.23. The molecule has 1 aromatic rings. The number of hydrogen-bond acceptors (Lipinski definition) is 3. The molecule has 0 spiro atoms. The average Bonchev–Trinajstić information content (AvgIpc) is 2.82. The van der Waals surface area contributed by atoms with Crippen molar-refractivity contribution >= 4 is 22.6 Å². The Morgan fingerprint density at radius 3 is 2.48 bits per heavy atom. The van der Waals surface area contributed by atoms with E-state index in [9.17, 15) is 13.8 Å². The Morgan fingerprint density at radius 2 is 1.87 bits per heavy atom. The van der Waals surface area contributed by atoms with Crippen LogP contribution in [0, 0.1) is 0 Å². The minimum atomic E-state index is -1.32. The van der Waals surface area contributed by atoms with Gasteiger partial charge in [-0.05, 0) is 37.5 Å². The van der Waals surface area contributed by atoms with Crippen molar-refractivity contribution in [2.24, 2.45) is 5.73 Å². The first-order valence-electron chi connectivity index (χ1n) is 8.03. The molecule has 0 aliphatic carbocycles. The number of carbonyl (C=O) groups is 2. The van der Waals surface area contributed by atoms with Crippen LogP contribution in [0.5, 0.6) is 0 Å². The highest BCUT2D eigenvalue weighted by molar-refractivity contribution is 7.85. The van der Waals surface area contributed by atoms with Gasteiger partial charge in [0.05, 0.1) is 0 Å². The molecule has 0 radical (unpaired) electrons. The molecule has 1 saturated heterocycles. The maximum absolute atomic E-state index is 12.5. The van der Waals surface area contributed by atoms with Gasteiger partial charge in [-0.1, -0.05) is 25.0 Å². The predicted molar refractivity (Wildman–Crippen MR) is 91.3 cm³/mol. The molecule has 0 bridgehead atoms. The molecule has 2 amide bonds. The van der Waals surface area contributed by atoms with Gasteiger partial charge >= 0.3 is 0 Å². The molecule has 1 fully saturated rings. The maximum atomic E-state index is 12.5. The van der Waals surface area contributed by atoms with E-state index in [-0.39, 0.29) is 11.7 Å². The van der Waals surface area contributed by atoms with Crippen LogP contribution in [-0.4, -0.2) is 39.3 Å². The Bertz CT molecular complexity index is 595. The van der Waals surface area contributed by atoms with Crippen molar-refractivity contribution in [2.75, 3.05) is 13.1 Å². The summed E-state index contributed by atoms with van der Waals surface area (Å²) in [6, 6.07) is 6.78. The third-order valence-electron chi connectivity index (χ3n) is 4.18. The third kappa shape index (κ3) is 4.89. The number of likely N-dealkylation sites (tertiary alicyclic amines) is 1. The first-order valence-corrected chi connectivity index (χ1v) is 9.42. The number of nitrogens with zero attached hydrogens (tertiary/aromatic N) is 1. The van der Waals surface area contributed by atoms with Crippen LogP contribution in [0.3, 0.4) is 0 Å². The van der Waals surface area contributed by atoms with Gasteiger partial charge in [0.2, 0.25) is 11.8 Å². The van der Waals surface area contributed by atoms with Gasteiger partial charge in [0, 0.05) is 35.2 Å². The predicted octanol–water partition coefficient (Wildman–Crippen LogP) is 1.83. The molecule has 2 N–H and O–H groups in total. The zero-order valence-electron chi connectivity index (χ0n) is 13.5. The van der Waals surface area contributed by atoms with E-state index in [0.29, 0.717) is 5.56 Å². The standard InChI is InChI=1S/C17H24N2O3S/c1-13(17(21)19-9-4-2-3-5-10-19)23(22)12-14-7-6-8-15(11-14)16(18)20/h6-8,11,13H,2-5,9-10,12H2,1H3,(H2,18,20)/t13-,23+/m1/s1. The van der Waals surface area contributed by atoms with Gasteiger partial charge < -0.3 is 10.6 Å². The summed E-state index contributed by atoms with van der Waals surface area (Å²) in [5, 5.41) is -0.537. The summed E-state index contributed by atoms with van der Waals surface area (Å²) >= 11 is 0. The highest BCUT2D eigenvalue weighted by Crippen LogP contribution is 2.15. The summed E-state index contributed by atoms with van der Waals surface area (Å²) in [6.07, 6.45) is 4.35. The van der Waals surface area contributed by atoms with E-state index in [1.807, 2.05) is 4.90 Å². The molecule has 0 aromatic heterocycles. The number of hydrogen-bond donors (Lipinski definition) is 1. The van der Waals surface area contributed by atoms with Gasteiger partial charge in [-0.25, -0.2) is 0 Å². The summed E-state index contributed by atoms with van der Waals surface area (Å²) in [7, 11) is -1.32. The Hall–Kier alpha value is -1.69. The minimum absolute atomic E-state index is 0.0312. The van der Waals surface area contributed by atoms with Gasteiger partial charge in [-0.15, -0.1) is 0 Å². The van der Waals surface area contributed by atoms with Gasteiger partial charge in [0.15, 0.2) is 0 Å². The van der Waals surface area contributed by atoms with E-state index in [2.05, 4.69) is 0 Å². The largest absolute Gasteiger partial charge is 0.366 e. The van der Waals surface area contributed by atoms with Crippen molar-refractivity contribution in [3.05, 3.63) is 35.4 Å². The second-order valence-electron chi connectivity index (χ2n) is 5.97. The van der Waals surface area contributed by atoms with Crippen LogP contribution in [0.2, 0.25) is 0 Å². The molecule has 1 heterocycles. The van der Waals surface area contributed by atoms with E-state index in [1.165, 1.54) is 0 Å². The van der Waals surface area contributed by atoms with Crippen LogP contribution in [0.25, 0.3) is 0 Å². The van der Waals surface area contributed by atoms with Crippen molar-refractivity contribution in [2.45, 2.75) is 43.6 Å². The third-order valence-corrected chi connectivity index (χ3v) is 5.79. The average molecular weight is 336 g/mol. The molecule has 1 aliphatic rings.